The molecule has 4 heteroatoms. The van der Waals surface area contributed by atoms with Crippen molar-refractivity contribution < 1.29 is 4.79 Å². The summed E-state index contributed by atoms with van der Waals surface area (Å²) in [5, 5.41) is 1.93. The fourth-order valence-corrected chi connectivity index (χ4v) is 3.22. The number of aromatic nitrogens is 1. The van der Waals surface area contributed by atoms with Crippen LogP contribution in [0.4, 0.5) is 0 Å². The third-order valence-corrected chi connectivity index (χ3v) is 4.35. The Morgan fingerprint density at radius 1 is 1.17 bits per heavy atom. The maximum atomic E-state index is 12.4. The standard InChI is InChI=1S/C14H8BrNOS/c15-13-5-4-12(18-13)14(17)10-3-1-2-9-6-7-16-8-11(9)10/h1-8H. The summed E-state index contributed by atoms with van der Waals surface area (Å²) in [5.74, 6) is 0.0456. The number of carbonyl (C=O) groups excluding carboxylic acids is 1. The van der Waals surface area contributed by atoms with Gasteiger partial charge in [-0.3, -0.25) is 9.78 Å². The molecule has 0 bridgehead atoms. The zero-order valence-corrected chi connectivity index (χ0v) is 11.7. The van der Waals surface area contributed by atoms with E-state index in [1.54, 1.807) is 12.4 Å². The van der Waals surface area contributed by atoms with Gasteiger partial charge in [-0.1, -0.05) is 18.2 Å². The quantitative estimate of drug-likeness (QED) is 0.660. The van der Waals surface area contributed by atoms with E-state index in [2.05, 4.69) is 20.9 Å². The minimum atomic E-state index is 0.0456. The predicted octanol–water partition coefficient (Wildman–Crippen LogP) is 4.29. The number of thiophene rings is 1. The van der Waals surface area contributed by atoms with Crippen LogP contribution < -0.4 is 0 Å². The second kappa shape index (κ2) is 4.63. The zero-order chi connectivity index (χ0) is 12.5. The topological polar surface area (TPSA) is 30.0 Å². The summed E-state index contributed by atoms with van der Waals surface area (Å²) in [5.41, 5.74) is 0.704. The van der Waals surface area contributed by atoms with E-state index in [1.165, 1.54) is 11.3 Å². The molecule has 3 rings (SSSR count). The van der Waals surface area contributed by atoms with Crippen LogP contribution in [0.3, 0.4) is 0 Å². The predicted molar refractivity (Wildman–Crippen MR) is 77.2 cm³/mol. The van der Waals surface area contributed by atoms with Gasteiger partial charge in [-0.25, -0.2) is 0 Å². The molecule has 0 unspecified atom stereocenters. The lowest BCUT2D eigenvalue weighted by Gasteiger charge is -2.03. The number of fused-ring (bicyclic) bond motifs is 1. The Hall–Kier alpha value is -1.52. The monoisotopic (exact) mass is 317 g/mol. The lowest BCUT2D eigenvalue weighted by Crippen LogP contribution is -1.99. The largest absolute Gasteiger partial charge is 0.288 e. The van der Waals surface area contributed by atoms with E-state index < -0.39 is 0 Å². The summed E-state index contributed by atoms with van der Waals surface area (Å²) in [4.78, 5) is 17.3. The number of benzene rings is 1. The van der Waals surface area contributed by atoms with Crippen LogP contribution in [0.15, 0.2) is 52.6 Å². The third-order valence-electron chi connectivity index (χ3n) is 2.73. The number of hydrogen-bond donors (Lipinski definition) is 0. The number of hydrogen-bond acceptors (Lipinski definition) is 3. The summed E-state index contributed by atoms with van der Waals surface area (Å²) < 4.78 is 0.962. The van der Waals surface area contributed by atoms with Gasteiger partial charge in [-0.2, -0.15) is 0 Å². The Balaban J connectivity index is 2.17. The molecule has 0 radical (unpaired) electrons. The van der Waals surface area contributed by atoms with Crippen LogP contribution in [0.2, 0.25) is 0 Å². The van der Waals surface area contributed by atoms with E-state index >= 15 is 0 Å². The van der Waals surface area contributed by atoms with Crippen molar-refractivity contribution in [3.05, 3.63) is 63.0 Å². The molecule has 1 aromatic carbocycles. The molecule has 2 aromatic heterocycles. The van der Waals surface area contributed by atoms with E-state index in [9.17, 15) is 4.79 Å². The molecule has 0 saturated carbocycles. The van der Waals surface area contributed by atoms with E-state index in [-0.39, 0.29) is 5.78 Å². The minimum absolute atomic E-state index is 0.0456. The molecule has 2 heterocycles. The highest BCUT2D eigenvalue weighted by Crippen LogP contribution is 2.27. The van der Waals surface area contributed by atoms with Crippen LogP contribution in [0.25, 0.3) is 10.8 Å². The number of rotatable bonds is 2. The minimum Gasteiger partial charge on any atom is -0.288 e. The lowest BCUT2D eigenvalue weighted by atomic mass is 10.0. The maximum Gasteiger partial charge on any atom is 0.203 e. The van der Waals surface area contributed by atoms with Crippen LogP contribution in [-0.4, -0.2) is 10.8 Å². The van der Waals surface area contributed by atoms with E-state index in [0.29, 0.717) is 5.56 Å². The molecular formula is C14H8BrNOS. The van der Waals surface area contributed by atoms with Crippen LogP contribution in [0.5, 0.6) is 0 Å². The Bertz CT molecular complexity index is 730. The fourth-order valence-electron chi connectivity index (χ4n) is 1.88. The first kappa shape index (κ1) is 11.6. The van der Waals surface area contributed by atoms with Crippen LogP contribution in [-0.2, 0) is 0 Å². The highest BCUT2D eigenvalue weighted by atomic mass is 79.9. The molecule has 0 amide bonds. The van der Waals surface area contributed by atoms with Gasteiger partial charge in [0.15, 0.2) is 0 Å². The molecule has 0 saturated heterocycles. The first-order valence-corrected chi connectivity index (χ1v) is 6.99. The second-order valence-electron chi connectivity index (χ2n) is 3.84. The summed E-state index contributed by atoms with van der Waals surface area (Å²) in [6, 6.07) is 11.4. The van der Waals surface area contributed by atoms with Gasteiger partial charge in [0.25, 0.3) is 0 Å². The first-order valence-electron chi connectivity index (χ1n) is 5.38. The highest BCUT2D eigenvalue weighted by Gasteiger charge is 2.14. The smallest absolute Gasteiger partial charge is 0.203 e. The van der Waals surface area contributed by atoms with Gasteiger partial charge in [-0.15, -0.1) is 11.3 Å². The first-order chi connectivity index (χ1) is 8.75. The molecule has 0 spiro atoms. The average molecular weight is 318 g/mol. The van der Waals surface area contributed by atoms with Crippen molar-refractivity contribution in [1.82, 2.24) is 4.98 Å². The Morgan fingerprint density at radius 2 is 2.06 bits per heavy atom. The molecule has 3 aromatic rings. The molecule has 0 N–H and O–H groups in total. The molecule has 0 aliphatic rings. The van der Waals surface area contributed by atoms with E-state index in [0.717, 1.165) is 19.4 Å². The molecule has 0 fully saturated rings. The van der Waals surface area contributed by atoms with Crippen molar-refractivity contribution >= 4 is 43.8 Å². The number of carbonyl (C=O) groups is 1. The molecule has 0 atom stereocenters. The molecule has 0 aliphatic carbocycles. The van der Waals surface area contributed by atoms with Gasteiger partial charge in [0, 0.05) is 23.3 Å². The summed E-state index contributed by atoms with van der Waals surface area (Å²) >= 11 is 4.82. The Labute approximate surface area is 116 Å². The molecular weight excluding hydrogens is 310 g/mol. The summed E-state index contributed by atoms with van der Waals surface area (Å²) in [6.45, 7) is 0. The summed E-state index contributed by atoms with van der Waals surface area (Å²) in [7, 11) is 0. The number of nitrogens with zero attached hydrogens (tertiary/aromatic N) is 1. The van der Waals surface area contributed by atoms with Crippen molar-refractivity contribution in [2.75, 3.05) is 0 Å². The number of halogens is 1. The number of pyridine rings is 1. The van der Waals surface area contributed by atoms with Crippen molar-refractivity contribution in [3.63, 3.8) is 0 Å². The molecule has 18 heavy (non-hydrogen) atoms. The normalized spacial score (nSPS) is 10.7. The van der Waals surface area contributed by atoms with Gasteiger partial charge in [-0.05, 0) is 39.5 Å². The Kier molecular flexibility index (Phi) is 2.97. The van der Waals surface area contributed by atoms with Gasteiger partial charge < -0.3 is 0 Å². The van der Waals surface area contributed by atoms with Crippen LogP contribution in [0.1, 0.15) is 15.2 Å². The van der Waals surface area contributed by atoms with Crippen molar-refractivity contribution in [2.24, 2.45) is 0 Å². The van der Waals surface area contributed by atoms with Gasteiger partial charge in [0.2, 0.25) is 5.78 Å². The van der Waals surface area contributed by atoms with Crippen molar-refractivity contribution in [1.29, 1.82) is 0 Å². The molecule has 88 valence electrons. The lowest BCUT2D eigenvalue weighted by molar-refractivity contribution is 0.104. The van der Waals surface area contributed by atoms with Gasteiger partial charge in [0.1, 0.15) is 0 Å². The van der Waals surface area contributed by atoms with Crippen LogP contribution >= 0.6 is 27.3 Å². The maximum absolute atomic E-state index is 12.4. The molecule has 0 aliphatic heterocycles. The SMILES string of the molecule is O=C(c1ccc(Br)s1)c1cccc2ccncc12. The fraction of sp³-hybridized carbons (Fsp3) is 0. The third kappa shape index (κ3) is 1.98. The Morgan fingerprint density at radius 3 is 2.83 bits per heavy atom. The highest BCUT2D eigenvalue weighted by molar-refractivity contribution is 9.11. The molecule has 2 nitrogen and oxygen atoms in total. The van der Waals surface area contributed by atoms with Crippen molar-refractivity contribution in [2.45, 2.75) is 0 Å². The van der Waals surface area contributed by atoms with Crippen molar-refractivity contribution in [3.8, 4) is 0 Å². The van der Waals surface area contributed by atoms with E-state index in [4.69, 9.17) is 0 Å². The van der Waals surface area contributed by atoms with Crippen LogP contribution in [0, 0.1) is 0 Å². The summed E-state index contributed by atoms with van der Waals surface area (Å²) in [6.07, 6.45) is 3.48. The number of ketones is 1. The van der Waals surface area contributed by atoms with Gasteiger partial charge in [0.05, 0.1) is 8.66 Å². The second-order valence-corrected chi connectivity index (χ2v) is 6.30. The zero-order valence-electron chi connectivity index (χ0n) is 9.26. The van der Waals surface area contributed by atoms with E-state index in [1.807, 2.05) is 36.4 Å². The van der Waals surface area contributed by atoms with Gasteiger partial charge >= 0.3 is 0 Å². The average Bonchev–Trinajstić information content (AvgIpc) is 2.84.